The lowest BCUT2D eigenvalue weighted by atomic mass is 10.0. The van der Waals surface area contributed by atoms with E-state index in [0.29, 0.717) is 0 Å². The monoisotopic (exact) mass is 699 g/mol. The maximum atomic E-state index is 6.38. The van der Waals surface area contributed by atoms with E-state index in [4.69, 9.17) is 4.42 Å². The Bertz CT molecular complexity index is 2970. The highest BCUT2D eigenvalue weighted by Crippen LogP contribution is 2.46. The number of para-hydroxylation sites is 1. The van der Waals surface area contributed by atoms with Gasteiger partial charge in [0.15, 0.2) is 0 Å². The normalized spacial score (nSPS) is 11.8. The van der Waals surface area contributed by atoms with E-state index in [9.17, 15) is 0 Å². The fraction of sp³-hybridized carbons (Fsp3) is 0. The number of fused-ring (bicyclic) bond motifs is 9. The summed E-state index contributed by atoms with van der Waals surface area (Å²) in [5.74, 6) is 0. The number of hydrogen-bond acceptors (Lipinski definition) is 4. The molecule has 0 radical (unpaired) electrons. The van der Waals surface area contributed by atoms with Crippen molar-refractivity contribution in [3.05, 3.63) is 176 Å². The van der Waals surface area contributed by atoms with Crippen LogP contribution in [-0.4, -0.2) is 0 Å². The topological polar surface area (TPSA) is 16.4 Å². The Labute approximate surface area is 308 Å². The highest BCUT2D eigenvalue weighted by molar-refractivity contribution is 7.26. The molecule has 0 fully saturated rings. The minimum atomic E-state index is 0.879. The Morgan fingerprint density at radius 3 is 1.40 bits per heavy atom. The van der Waals surface area contributed by atoms with Gasteiger partial charge in [-0.15, -0.1) is 22.7 Å². The van der Waals surface area contributed by atoms with Gasteiger partial charge in [0, 0.05) is 57.1 Å². The van der Waals surface area contributed by atoms with E-state index in [1.807, 2.05) is 28.7 Å². The highest BCUT2D eigenvalue weighted by atomic mass is 32.1. The van der Waals surface area contributed by atoms with Crippen molar-refractivity contribution in [2.45, 2.75) is 0 Å². The molecule has 0 N–H and O–H groups in total. The number of nitrogens with zero attached hydrogens (tertiary/aromatic N) is 1. The Kier molecular flexibility index (Phi) is 6.63. The predicted molar refractivity (Wildman–Crippen MR) is 225 cm³/mol. The first-order valence-electron chi connectivity index (χ1n) is 17.5. The summed E-state index contributed by atoms with van der Waals surface area (Å²) in [6.45, 7) is 0. The van der Waals surface area contributed by atoms with Gasteiger partial charge in [-0.2, -0.15) is 0 Å². The first kappa shape index (κ1) is 29.5. The molecule has 11 aromatic rings. The molecule has 3 heterocycles. The van der Waals surface area contributed by atoms with Crippen molar-refractivity contribution < 1.29 is 4.42 Å². The first-order valence-corrected chi connectivity index (χ1v) is 19.1. The molecule has 0 aliphatic heterocycles. The Hall–Kier alpha value is -6.20. The molecule has 52 heavy (non-hydrogen) atoms. The number of furan rings is 1. The molecule has 8 aromatic carbocycles. The fourth-order valence-corrected chi connectivity index (χ4v) is 10.4. The van der Waals surface area contributed by atoms with Gasteiger partial charge in [0.1, 0.15) is 11.2 Å². The van der Waals surface area contributed by atoms with Crippen molar-refractivity contribution >= 4 is 102 Å². The lowest BCUT2D eigenvalue weighted by Gasteiger charge is -2.26. The Morgan fingerprint density at radius 2 is 0.827 bits per heavy atom. The van der Waals surface area contributed by atoms with Gasteiger partial charge in [0.25, 0.3) is 0 Å². The average molecular weight is 700 g/mol. The lowest BCUT2D eigenvalue weighted by molar-refractivity contribution is 0.669. The van der Waals surface area contributed by atoms with Crippen molar-refractivity contribution in [1.82, 2.24) is 0 Å². The van der Waals surface area contributed by atoms with E-state index in [2.05, 4.69) is 175 Å². The van der Waals surface area contributed by atoms with E-state index >= 15 is 0 Å². The van der Waals surface area contributed by atoms with Crippen molar-refractivity contribution in [1.29, 1.82) is 0 Å². The zero-order chi connectivity index (χ0) is 34.2. The molecule has 11 rings (SSSR count). The minimum Gasteiger partial charge on any atom is -0.456 e. The number of rotatable bonds is 5. The molecule has 0 saturated carbocycles. The quantitative estimate of drug-likeness (QED) is 0.178. The van der Waals surface area contributed by atoms with Crippen LogP contribution in [0.15, 0.2) is 180 Å². The second-order valence-corrected chi connectivity index (χ2v) is 15.3. The smallest absolute Gasteiger partial charge is 0.137 e. The molecule has 244 valence electrons. The highest BCUT2D eigenvalue weighted by Gasteiger charge is 2.20. The molecule has 0 amide bonds. The standard InChI is InChI=1S/C48H29NOS2/c1-4-18-42-40(12-1)46-41(17-9-19-43(46)50-42)49(32-26-22-30(23-27-32)34-13-7-15-38-36-10-2-5-20-44(36)51-47(34)38)33-28-24-31(25-29-33)35-14-8-16-39-37-11-3-6-21-45(37)52-48(35)39/h1-29H. The van der Waals surface area contributed by atoms with Gasteiger partial charge in [0.05, 0.1) is 11.1 Å². The number of hydrogen-bond donors (Lipinski definition) is 0. The predicted octanol–water partition coefficient (Wildman–Crippen LogP) is 15.1. The molecule has 0 aliphatic carbocycles. The Balaban J connectivity index is 1.06. The van der Waals surface area contributed by atoms with Crippen LogP contribution in [0.2, 0.25) is 0 Å². The summed E-state index contributed by atoms with van der Waals surface area (Å²) >= 11 is 3.74. The van der Waals surface area contributed by atoms with Crippen LogP contribution in [0.1, 0.15) is 0 Å². The maximum absolute atomic E-state index is 6.38. The molecule has 4 heteroatoms. The minimum absolute atomic E-state index is 0.879. The van der Waals surface area contributed by atoms with Crippen LogP contribution < -0.4 is 4.90 Å². The van der Waals surface area contributed by atoms with Crippen LogP contribution >= 0.6 is 22.7 Å². The summed E-state index contributed by atoms with van der Waals surface area (Å²) < 4.78 is 11.7. The largest absolute Gasteiger partial charge is 0.456 e. The van der Waals surface area contributed by atoms with Gasteiger partial charge in [0.2, 0.25) is 0 Å². The molecule has 2 nitrogen and oxygen atoms in total. The lowest BCUT2D eigenvalue weighted by Crippen LogP contribution is -2.10. The van der Waals surface area contributed by atoms with Gasteiger partial charge in [-0.3, -0.25) is 0 Å². The molecule has 0 unspecified atom stereocenters. The summed E-state index contributed by atoms with van der Waals surface area (Å²) in [5.41, 5.74) is 9.97. The summed E-state index contributed by atoms with van der Waals surface area (Å²) in [6.07, 6.45) is 0. The van der Waals surface area contributed by atoms with Gasteiger partial charge in [-0.05, 0) is 76.9 Å². The average Bonchev–Trinajstić information content (AvgIpc) is 3.90. The third-order valence-electron chi connectivity index (χ3n) is 10.3. The van der Waals surface area contributed by atoms with Gasteiger partial charge in [-0.1, -0.05) is 121 Å². The van der Waals surface area contributed by atoms with Gasteiger partial charge >= 0.3 is 0 Å². The zero-order valence-corrected chi connectivity index (χ0v) is 29.5. The zero-order valence-electron chi connectivity index (χ0n) is 27.9. The number of benzene rings is 8. The summed E-state index contributed by atoms with van der Waals surface area (Å²) in [6, 6.07) is 63.6. The second-order valence-electron chi connectivity index (χ2n) is 13.2. The van der Waals surface area contributed by atoms with Crippen molar-refractivity contribution in [3.63, 3.8) is 0 Å². The fourth-order valence-electron chi connectivity index (χ4n) is 7.90. The number of thiophene rings is 2. The van der Waals surface area contributed by atoms with E-state index in [-0.39, 0.29) is 0 Å². The molecule has 3 aromatic heterocycles. The van der Waals surface area contributed by atoms with Crippen molar-refractivity contribution in [3.8, 4) is 22.3 Å². The van der Waals surface area contributed by atoms with E-state index < -0.39 is 0 Å². The maximum Gasteiger partial charge on any atom is 0.137 e. The first-order chi connectivity index (χ1) is 25.8. The molecule has 0 bridgehead atoms. The van der Waals surface area contributed by atoms with Crippen LogP contribution in [0, 0.1) is 0 Å². The van der Waals surface area contributed by atoms with E-state index in [1.54, 1.807) is 0 Å². The van der Waals surface area contributed by atoms with Crippen LogP contribution in [0.25, 0.3) is 84.5 Å². The summed E-state index contributed by atoms with van der Waals surface area (Å²) in [4.78, 5) is 2.37. The molecular formula is C48H29NOS2. The molecular weight excluding hydrogens is 671 g/mol. The molecule has 0 saturated heterocycles. The second kappa shape index (κ2) is 11.7. The SMILES string of the molecule is c1ccc2c(c1)oc1cccc(N(c3ccc(-c4cccc5c4sc4ccccc45)cc3)c3ccc(-c4cccc5c4sc4ccccc45)cc3)c12. The van der Waals surface area contributed by atoms with E-state index in [0.717, 1.165) is 39.0 Å². The van der Waals surface area contributed by atoms with Crippen LogP contribution in [0.4, 0.5) is 17.1 Å². The third kappa shape index (κ3) is 4.55. The van der Waals surface area contributed by atoms with E-state index in [1.165, 1.54) is 62.6 Å². The third-order valence-corrected chi connectivity index (χ3v) is 12.7. The van der Waals surface area contributed by atoms with Crippen LogP contribution in [0.3, 0.4) is 0 Å². The summed E-state index contributed by atoms with van der Waals surface area (Å²) in [5, 5.41) is 7.48. The molecule has 0 atom stereocenters. The Morgan fingerprint density at radius 1 is 0.365 bits per heavy atom. The molecule has 0 spiro atoms. The van der Waals surface area contributed by atoms with Gasteiger partial charge in [-0.25, -0.2) is 0 Å². The van der Waals surface area contributed by atoms with Crippen molar-refractivity contribution in [2.24, 2.45) is 0 Å². The van der Waals surface area contributed by atoms with Gasteiger partial charge < -0.3 is 9.32 Å². The number of anilines is 3. The van der Waals surface area contributed by atoms with Crippen LogP contribution in [-0.2, 0) is 0 Å². The van der Waals surface area contributed by atoms with Crippen LogP contribution in [0.5, 0.6) is 0 Å². The molecule has 0 aliphatic rings. The summed E-state index contributed by atoms with van der Waals surface area (Å²) in [7, 11) is 0. The van der Waals surface area contributed by atoms with Crippen molar-refractivity contribution in [2.75, 3.05) is 4.90 Å².